The predicted molar refractivity (Wildman–Crippen MR) is 88.5 cm³/mol. The molecule has 0 saturated carbocycles. The van der Waals surface area contributed by atoms with E-state index in [1.807, 2.05) is 19.1 Å². The molecule has 4 nitrogen and oxygen atoms in total. The van der Waals surface area contributed by atoms with E-state index in [2.05, 4.69) is 29.6 Å². The third-order valence-corrected chi connectivity index (χ3v) is 3.46. The van der Waals surface area contributed by atoms with E-state index in [4.69, 9.17) is 4.74 Å². The number of carbonyl (C=O) groups is 1. The molecule has 2 aromatic carbocycles. The lowest BCUT2D eigenvalue weighted by molar-refractivity contribution is 0.0955. The minimum atomic E-state index is -0.243. The van der Waals surface area contributed by atoms with Gasteiger partial charge in [0.05, 0.1) is 12.8 Å². The Balaban J connectivity index is 2.03. The van der Waals surface area contributed by atoms with Crippen molar-refractivity contribution in [3.63, 3.8) is 0 Å². The monoisotopic (exact) mass is 296 g/mol. The maximum Gasteiger partial charge on any atom is 0.271 e. The summed E-state index contributed by atoms with van der Waals surface area (Å²) in [5.41, 5.74) is 6.15. The molecule has 1 N–H and O–H groups in total. The minimum Gasteiger partial charge on any atom is -0.497 e. The summed E-state index contributed by atoms with van der Waals surface area (Å²) in [5.74, 6) is 0.472. The lowest BCUT2D eigenvalue weighted by atomic mass is 10.1. The Morgan fingerprint density at radius 3 is 2.18 bits per heavy atom. The second kappa shape index (κ2) is 7.41. The normalized spacial score (nSPS) is 11.1. The molecule has 22 heavy (non-hydrogen) atoms. The highest BCUT2D eigenvalue weighted by molar-refractivity contribution is 6.00. The van der Waals surface area contributed by atoms with Crippen LogP contribution in [0.1, 0.15) is 35.3 Å². The van der Waals surface area contributed by atoms with Crippen molar-refractivity contribution in [2.45, 2.75) is 20.3 Å². The van der Waals surface area contributed by atoms with E-state index < -0.39 is 0 Å². The minimum absolute atomic E-state index is 0.243. The van der Waals surface area contributed by atoms with Crippen LogP contribution in [0.3, 0.4) is 0 Å². The number of rotatable bonds is 5. The first kappa shape index (κ1) is 15.8. The van der Waals surface area contributed by atoms with Crippen molar-refractivity contribution in [1.29, 1.82) is 0 Å². The summed E-state index contributed by atoms with van der Waals surface area (Å²) in [4.78, 5) is 12.0. The van der Waals surface area contributed by atoms with Crippen molar-refractivity contribution in [1.82, 2.24) is 5.43 Å². The molecule has 0 fully saturated rings. The second-order valence-electron chi connectivity index (χ2n) is 4.92. The first-order valence-corrected chi connectivity index (χ1v) is 7.22. The zero-order valence-corrected chi connectivity index (χ0v) is 13.1. The highest BCUT2D eigenvalue weighted by Gasteiger charge is 2.05. The number of nitrogens with one attached hydrogen (secondary N) is 1. The van der Waals surface area contributed by atoms with Crippen molar-refractivity contribution in [3.8, 4) is 5.75 Å². The fourth-order valence-electron chi connectivity index (χ4n) is 1.99. The first-order valence-electron chi connectivity index (χ1n) is 7.22. The van der Waals surface area contributed by atoms with Crippen molar-refractivity contribution >= 4 is 11.6 Å². The molecule has 0 unspecified atom stereocenters. The first-order chi connectivity index (χ1) is 10.6. The van der Waals surface area contributed by atoms with Crippen LogP contribution in [0.2, 0.25) is 0 Å². The van der Waals surface area contributed by atoms with Crippen LogP contribution in [0.25, 0.3) is 0 Å². The summed E-state index contributed by atoms with van der Waals surface area (Å²) in [6.45, 7) is 3.99. The number of nitrogens with zero attached hydrogens (tertiary/aromatic N) is 1. The van der Waals surface area contributed by atoms with Gasteiger partial charge in [-0.1, -0.05) is 31.2 Å². The van der Waals surface area contributed by atoms with Gasteiger partial charge in [-0.2, -0.15) is 5.10 Å². The molecule has 114 valence electrons. The molecule has 0 atom stereocenters. The van der Waals surface area contributed by atoms with Gasteiger partial charge in [0.25, 0.3) is 5.91 Å². The fraction of sp³-hybridized carbons (Fsp3) is 0.222. The number of methoxy groups -OCH3 is 1. The van der Waals surface area contributed by atoms with E-state index in [1.165, 1.54) is 5.56 Å². The van der Waals surface area contributed by atoms with E-state index in [0.717, 1.165) is 17.7 Å². The Labute approximate surface area is 130 Å². The molecule has 0 heterocycles. The van der Waals surface area contributed by atoms with E-state index in [-0.39, 0.29) is 5.91 Å². The molecule has 2 aromatic rings. The predicted octanol–water partition coefficient (Wildman–Crippen LogP) is 3.41. The van der Waals surface area contributed by atoms with Gasteiger partial charge in [0.15, 0.2) is 0 Å². The Morgan fingerprint density at radius 1 is 1.05 bits per heavy atom. The zero-order valence-electron chi connectivity index (χ0n) is 13.1. The average molecular weight is 296 g/mol. The van der Waals surface area contributed by atoms with Gasteiger partial charge in [0.1, 0.15) is 5.75 Å². The van der Waals surface area contributed by atoms with Crippen LogP contribution in [-0.2, 0) is 6.42 Å². The quantitative estimate of drug-likeness (QED) is 0.679. The zero-order chi connectivity index (χ0) is 15.9. The molecule has 0 aliphatic heterocycles. The number of ether oxygens (including phenoxy) is 1. The van der Waals surface area contributed by atoms with Crippen LogP contribution in [0, 0.1) is 0 Å². The molecule has 0 aromatic heterocycles. The molecular weight excluding hydrogens is 276 g/mol. The van der Waals surface area contributed by atoms with Gasteiger partial charge in [-0.25, -0.2) is 5.43 Å². The molecule has 1 amide bonds. The topological polar surface area (TPSA) is 50.7 Å². The van der Waals surface area contributed by atoms with Gasteiger partial charge in [-0.3, -0.25) is 4.79 Å². The number of carbonyl (C=O) groups excluding carboxylic acids is 1. The van der Waals surface area contributed by atoms with Gasteiger partial charge < -0.3 is 4.74 Å². The largest absolute Gasteiger partial charge is 0.497 e. The molecule has 0 spiro atoms. The van der Waals surface area contributed by atoms with Gasteiger partial charge in [-0.05, 0) is 48.7 Å². The number of amides is 1. The second-order valence-corrected chi connectivity index (χ2v) is 4.92. The van der Waals surface area contributed by atoms with Crippen LogP contribution >= 0.6 is 0 Å². The van der Waals surface area contributed by atoms with Crippen LogP contribution in [0.15, 0.2) is 53.6 Å². The van der Waals surface area contributed by atoms with Gasteiger partial charge in [0.2, 0.25) is 0 Å². The molecule has 4 heteroatoms. The van der Waals surface area contributed by atoms with Gasteiger partial charge in [0, 0.05) is 5.56 Å². The van der Waals surface area contributed by atoms with Crippen molar-refractivity contribution in [2.24, 2.45) is 5.10 Å². The Kier molecular flexibility index (Phi) is 5.31. The highest BCUT2D eigenvalue weighted by atomic mass is 16.5. The number of hydrazone groups is 1. The lowest BCUT2D eigenvalue weighted by Crippen LogP contribution is -2.19. The molecule has 0 bridgehead atoms. The third-order valence-electron chi connectivity index (χ3n) is 3.46. The molecule has 0 saturated heterocycles. The number of aryl methyl sites for hydroxylation is 1. The molecule has 0 aliphatic carbocycles. The van der Waals surface area contributed by atoms with Gasteiger partial charge >= 0.3 is 0 Å². The highest BCUT2D eigenvalue weighted by Crippen LogP contribution is 2.11. The van der Waals surface area contributed by atoms with Gasteiger partial charge in [-0.15, -0.1) is 0 Å². The summed E-state index contributed by atoms with van der Waals surface area (Å²) < 4.78 is 5.06. The number of hydrogen-bond donors (Lipinski definition) is 1. The standard InChI is InChI=1S/C18H20N2O2/c1-4-14-5-7-15(8-6-14)13(2)19-20-18(21)16-9-11-17(22-3)12-10-16/h5-12H,4H2,1-3H3,(H,20,21)/b19-13-. The van der Waals surface area contributed by atoms with Crippen molar-refractivity contribution in [3.05, 3.63) is 65.2 Å². The lowest BCUT2D eigenvalue weighted by Gasteiger charge is -2.05. The Hall–Kier alpha value is -2.62. The average Bonchev–Trinajstić information content (AvgIpc) is 2.59. The van der Waals surface area contributed by atoms with Crippen LogP contribution < -0.4 is 10.2 Å². The third kappa shape index (κ3) is 3.95. The van der Waals surface area contributed by atoms with E-state index in [1.54, 1.807) is 31.4 Å². The summed E-state index contributed by atoms with van der Waals surface area (Å²) in [5, 5.41) is 4.15. The molecule has 0 radical (unpaired) electrons. The number of hydrogen-bond acceptors (Lipinski definition) is 3. The van der Waals surface area contributed by atoms with Crippen LogP contribution in [-0.4, -0.2) is 18.7 Å². The van der Waals surface area contributed by atoms with Crippen LogP contribution in [0.5, 0.6) is 5.75 Å². The SMILES string of the molecule is CCc1ccc(/C(C)=N\NC(=O)c2ccc(OC)cc2)cc1. The summed E-state index contributed by atoms with van der Waals surface area (Å²) in [6.07, 6.45) is 1.00. The smallest absolute Gasteiger partial charge is 0.271 e. The molecular formula is C18H20N2O2. The maximum atomic E-state index is 12.0. The van der Waals surface area contributed by atoms with Crippen molar-refractivity contribution < 1.29 is 9.53 Å². The Bertz CT molecular complexity index is 658. The molecule has 0 aliphatic rings. The summed E-state index contributed by atoms with van der Waals surface area (Å²) in [7, 11) is 1.59. The molecule has 2 rings (SSSR count). The van der Waals surface area contributed by atoms with E-state index in [9.17, 15) is 4.79 Å². The number of benzene rings is 2. The van der Waals surface area contributed by atoms with E-state index in [0.29, 0.717) is 11.3 Å². The van der Waals surface area contributed by atoms with Crippen LogP contribution in [0.4, 0.5) is 0 Å². The Morgan fingerprint density at radius 2 is 1.64 bits per heavy atom. The summed E-state index contributed by atoms with van der Waals surface area (Å²) in [6, 6.07) is 15.1. The van der Waals surface area contributed by atoms with Crippen molar-refractivity contribution in [2.75, 3.05) is 7.11 Å². The summed E-state index contributed by atoms with van der Waals surface area (Å²) >= 11 is 0. The fourth-order valence-corrected chi connectivity index (χ4v) is 1.99. The van der Waals surface area contributed by atoms with E-state index >= 15 is 0 Å². The maximum absolute atomic E-state index is 12.0.